The van der Waals surface area contributed by atoms with Crippen molar-refractivity contribution in [2.75, 3.05) is 13.1 Å². The second-order valence-electron chi connectivity index (χ2n) is 6.58. The van der Waals surface area contributed by atoms with Gasteiger partial charge in [0.25, 0.3) is 0 Å². The zero-order chi connectivity index (χ0) is 15.4. The third-order valence-electron chi connectivity index (χ3n) is 4.86. The van der Waals surface area contributed by atoms with E-state index in [1.807, 2.05) is 0 Å². The minimum atomic E-state index is 0.290. The molecular weight excluding hydrogens is 258 g/mol. The van der Waals surface area contributed by atoms with E-state index < -0.39 is 0 Å². The zero-order valence-electron chi connectivity index (χ0n) is 14.0. The number of carbonyl (C=O) groups is 1. The SMILES string of the molecule is CCCC1CCCCN1CC(=O)c1cc(C)c(C)cc1C. The maximum Gasteiger partial charge on any atom is 0.177 e. The van der Waals surface area contributed by atoms with Crippen LogP contribution >= 0.6 is 0 Å². The highest BCUT2D eigenvalue weighted by Gasteiger charge is 2.24. The van der Waals surface area contributed by atoms with Crippen LogP contribution in [0.5, 0.6) is 0 Å². The van der Waals surface area contributed by atoms with E-state index in [1.165, 1.54) is 43.2 Å². The molecule has 0 aliphatic carbocycles. The van der Waals surface area contributed by atoms with Crippen LogP contribution < -0.4 is 0 Å². The number of hydrogen-bond acceptors (Lipinski definition) is 2. The van der Waals surface area contributed by atoms with E-state index in [-0.39, 0.29) is 0 Å². The van der Waals surface area contributed by atoms with E-state index >= 15 is 0 Å². The summed E-state index contributed by atoms with van der Waals surface area (Å²) < 4.78 is 0. The Morgan fingerprint density at radius 2 is 1.86 bits per heavy atom. The fraction of sp³-hybridized carbons (Fsp3) is 0.632. The topological polar surface area (TPSA) is 20.3 Å². The Bertz CT molecular complexity index is 505. The Morgan fingerprint density at radius 3 is 2.57 bits per heavy atom. The highest BCUT2D eigenvalue weighted by Crippen LogP contribution is 2.22. The fourth-order valence-corrected chi connectivity index (χ4v) is 3.46. The third kappa shape index (κ3) is 3.94. The van der Waals surface area contributed by atoms with Crippen LogP contribution in [-0.2, 0) is 0 Å². The minimum Gasteiger partial charge on any atom is -0.293 e. The van der Waals surface area contributed by atoms with Crippen LogP contribution in [0.4, 0.5) is 0 Å². The molecule has 21 heavy (non-hydrogen) atoms. The van der Waals surface area contributed by atoms with Crippen molar-refractivity contribution in [1.82, 2.24) is 4.90 Å². The molecule has 0 radical (unpaired) electrons. The first kappa shape index (κ1) is 16.2. The second-order valence-corrected chi connectivity index (χ2v) is 6.58. The number of ketones is 1. The van der Waals surface area contributed by atoms with Crippen molar-refractivity contribution >= 4 is 5.78 Å². The van der Waals surface area contributed by atoms with Gasteiger partial charge in [0.05, 0.1) is 6.54 Å². The maximum atomic E-state index is 12.7. The summed E-state index contributed by atoms with van der Waals surface area (Å²) in [5, 5.41) is 0. The fourth-order valence-electron chi connectivity index (χ4n) is 3.46. The van der Waals surface area contributed by atoms with Gasteiger partial charge in [0.1, 0.15) is 0 Å². The molecule has 1 aliphatic heterocycles. The predicted octanol–water partition coefficient (Wildman–Crippen LogP) is 4.45. The van der Waals surface area contributed by atoms with Crippen LogP contribution in [-0.4, -0.2) is 29.8 Å². The van der Waals surface area contributed by atoms with E-state index in [2.05, 4.69) is 44.7 Å². The van der Waals surface area contributed by atoms with Crippen LogP contribution in [0, 0.1) is 20.8 Å². The number of hydrogen-bond donors (Lipinski definition) is 0. The Hall–Kier alpha value is -1.15. The van der Waals surface area contributed by atoms with Gasteiger partial charge >= 0.3 is 0 Å². The first-order valence-electron chi connectivity index (χ1n) is 8.38. The maximum absolute atomic E-state index is 12.7. The summed E-state index contributed by atoms with van der Waals surface area (Å²) in [7, 11) is 0. The quantitative estimate of drug-likeness (QED) is 0.746. The molecule has 1 heterocycles. The summed E-state index contributed by atoms with van der Waals surface area (Å²) in [5.41, 5.74) is 4.52. The molecule has 1 aromatic rings. The molecule has 1 unspecified atom stereocenters. The molecule has 0 saturated carbocycles. The number of carbonyl (C=O) groups excluding carboxylic acids is 1. The number of aryl methyl sites for hydroxylation is 3. The highest BCUT2D eigenvalue weighted by atomic mass is 16.1. The van der Waals surface area contributed by atoms with Crippen molar-refractivity contribution in [3.63, 3.8) is 0 Å². The molecule has 2 nitrogen and oxygen atoms in total. The third-order valence-corrected chi connectivity index (χ3v) is 4.86. The molecule has 2 rings (SSSR count). The van der Waals surface area contributed by atoms with Gasteiger partial charge in [0, 0.05) is 11.6 Å². The van der Waals surface area contributed by atoms with Gasteiger partial charge in [0.2, 0.25) is 0 Å². The summed E-state index contributed by atoms with van der Waals surface area (Å²) in [5.74, 6) is 0.290. The van der Waals surface area contributed by atoms with E-state index in [0.29, 0.717) is 18.4 Å². The van der Waals surface area contributed by atoms with Gasteiger partial charge in [-0.2, -0.15) is 0 Å². The average molecular weight is 287 g/mol. The Labute approximate surface area is 129 Å². The number of likely N-dealkylation sites (tertiary alicyclic amines) is 1. The van der Waals surface area contributed by atoms with Crippen LogP contribution in [0.3, 0.4) is 0 Å². The smallest absolute Gasteiger partial charge is 0.177 e. The molecule has 0 bridgehead atoms. The van der Waals surface area contributed by atoms with Crippen molar-refractivity contribution in [2.45, 2.75) is 65.8 Å². The van der Waals surface area contributed by atoms with Crippen molar-refractivity contribution in [2.24, 2.45) is 0 Å². The number of rotatable bonds is 5. The largest absolute Gasteiger partial charge is 0.293 e. The number of benzene rings is 1. The van der Waals surface area contributed by atoms with Crippen LogP contribution in [0.1, 0.15) is 66.1 Å². The van der Waals surface area contributed by atoms with E-state index in [0.717, 1.165) is 17.7 Å². The van der Waals surface area contributed by atoms with Crippen LogP contribution in [0.2, 0.25) is 0 Å². The van der Waals surface area contributed by atoms with E-state index in [1.54, 1.807) is 0 Å². The van der Waals surface area contributed by atoms with E-state index in [9.17, 15) is 4.79 Å². The summed E-state index contributed by atoms with van der Waals surface area (Å²) in [6.45, 7) is 10.2. The molecule has 1 atom stereocenters. The number of Topliss-reactive ketones (excluding diaryl/α,β-unsaturated/α-hetero) is 1. The predicted molar refractivity (Wildman–Crippen MR) is 89.1 cm³/mol. The summed E-state index contributed by atoms with van der Waals surface area (Å²) in [6.07, 6.45) is 6.24. The van der Waals surface area contributed by atoms with E-state index in [4.69, 9.17) is 0 Å². The lowest BCUT2D eigenvalue weighted by Crippen LogP contribution is -2.42. The molecule has 0 amide bonds. The molecule has 2 heteroatoms. The lowest BCUT2D eigenvalue weighted by molar-refractivity contribution is 0.0830. The first-order valence-corrected chi connectivity index (χ1v) is 8.38. The molecule has 0 aromatic heterocycles. The molecule has 0 spiro atoms. The molecular formula is C19H29NO. The minimum absolute atomic E-state index is 0.290. The van der Waals surface area contributed by atoms with Crippen molar-refractivity contribution in [3.8, 4) is 0 Å². The first-order chi connectivity index (χ1) is 10.0. The highest BCUT2D eigenvalue weighted by molar-refractivity contribution is 5.99. The molecule has 0 N–H and O–H groups in total. The molecule has 1 aliphatic rings. The summed E-state index contributed by atoms with van der Waals surface area (Å²) in [6, 6.07) is 4.83. The summed E-state index contributed by atoms with van der Waals surface area (Å²) >= 11 is 0. The molecule has 1 saturated heterocycles. The van der Waals surface area contributed by atoms with Gasteiger partial charge in [-0.15, -0.1) is 0 Å². The van der Waals surface area contributed by atoms with Crippen molar-refractivity contribution in [1.29, 1.82) is 0 Å². The molecule has 116 valence electrons. The normalized spacial score (nSPS) is 19.7. The molecule has 1 fully saturated rings. The van der Waals surface area contributed by atoms with Crippen LogP contribution in [0.15, 0.2) is 12.1 Å². The Morgan fingerprint density at radius 1 is 1.14 bits per heavy atom. The lowest BCUT2D eigenvalue weighted by atomic mass is 9.95. The van der Waals surface area contributed by atoms with Gasteiger partial charge in [-0.25, -0.2) is 0 Å². The number of nitrogens with zero attached hydrogens (tertiary/aromatic N) is 1. The summed E-state index contributed by atoms with van der Waals surface area (Å²) in [4.78, 5) is 15.1. The Kier molecular flexibility index (Phi) is 5.58. The monoisotopic (exact) mass is 287 g/mol. The number of piperidine rings is 1. The Balaban J connectivity index is 2.11. The van der Waals surface area contributed by atoms with Gasteiger partial charge in [0.15, 0.2) is 5.78 Å². The van der Waals surface area contributed by atoms with Crippen molar-refractivity contribution < 1.29 is 4.79 Å². The average Bonchev–Trinajstić information content (AvgIpc) is 2.45. The second kappa shape index (κ2) is 7.22. The standard InChI is InChI=1S/C19H29NO/c1-5-8-17-9-6-7-10-20(17)13-19(21)18-12-15(3)14(2)11-16(18)4/h11-12,17H,5-10,13H2,1-4H3. The molecule has 1 aromatic carbocycles. The van der Waals surface area contributed by atoms with Gasteiger partial charge < -0.3 is 0 Å². The van der Waals surface area contributed by atoms with Gasteiger partial charge in [-0.05, 0) is 69.3 Å². The van der Waals surface area contributed by atoms with Gasteiger partial charge in [-0.1, -0.05) is 25.8 Å². The lowest BCUT2D eigenvalue weighted by Gasteiger charge is -2.35. The van der Waals surface area contributed by atoms with Gasteiger partial charge in [-0.3, -0.25) is 9.69 Å². The van der Waals surface area contributed by atoms with Crippen molar-refractivity contribution in [3.05, 3.63) is 34.4 Å². The van der Waals surface area contributed by atoms with Crippen LogP contribution in [0.25, 0.3) is 0 Å². The zero-order valence-corrected chi connectivity index (χ0v) is 14.0.